The van der Waals surface area contributed by atoms with Crippen molar-refractivity contribution in [3.63, 3.8) is 0 Å². The van der Waals surface area contributed by atoms with Gasteiger partial charge in [0.15, 0.2) is 0 Å². The molecule has 24 heavy (non-hydrogen) atoms. The van der Waals surface area contributed by atoms with Gasteiger partial charge in [-0.2, -0.15) is 0 Å². The van der Waals surface area contributed by atoms with Crippen molar-refractivity contribution in [3.8, 4) is 0 Å². The Morgan fingerprint density at radius 2 is 1.96 bits per heavy atom. The Morgan fingerprint density at radius 1 is 1.17 bits per heavy atom. The zero-order chi connectivity index (χ0) is 16.5. The van der Waals surface area contributed by atoms with Gasteiger partial charge in [-0.05, 0) is 55.2 Å². The molecular formula is C18H18ClN3OS. The number of pyridine rings is 1. The third kappa shape index (κ3) is 3.43. The van der Waals surface area contributed by atoms with Crippen LogP contribution >= 0.6 is 23.4 Å². The lowest BCUT2D eigenvalue weighted by Gasteiger charge is -2.23. The molecule has 0 spiro atoms. The lowest BCUT2D eigenvalue weighted by molar-refractivity contribution is 0.0925. The molecule has 1 saturated heterocycles. The van der Waals surface area contributed by atoms with Crippen LogP contribution in [0.2, 0.25) is 5.15 Å². The highest BCUT2D eigenvalue weighted by Gasteiger charge is 2.39. The largest absolute Gasteiger partial charge is 0.349 e. The SMILES string of the molecule is O=C(NC1CC2CC1CN2)c1ccc(Sc2ccc(Cl)nc2)cc1. The number of piperidine rings is 1. The number of fused-ring (bicyclic) bond motifs is 2. The maximum absolute atomic E-state index is 12.4. The average molecular weight is 360 g/mol. The average Bonchev–Trinajstić information content (AvgIpc) is 3.20. The van der Waals surface area contributed by atoms with Crippen LogP contribution in [0.3, 0.4) is 0 Å². The van der Waals surface area contributed by atoms with Gasteiger partial charge >= 0.3 is 0 Å². The molecular weight excluding hydrogens is 342 g/mol. The molecule has 1 aliphatic carbocycles. The number of aromatic nitrogens is 1. The van der Waals surface area contributed by atoms with Gasteiger partial charge in [-0.1, -0.05) is 23.4 Å². The van der Waals surface area contributed by atoms with E-state index < -0.39 is 0 Å². The van der Waals surface area contributed by atoms with Crippen LogP contribution in [-0.4, -0.2) is 29.5 Å². The molecule has 1 aliphatic heterocycles. The summed E-state index contributed by atoms with van der Waals surface area (Å²) in [4.78, 5) is 18.6. The highest BCUT2D eigenvalue weighted by Crippen LogP contribution is 2.31. The van der Waals surface area contributed by atoms with E-state index in [2.05, 4.69) is 15.6 Å². The number of amides is 1. The van der Waals surface area contributed by atoms with E-state index in [1.165, 1.54) is 6.42 Å². The van der Waals surface area contributed by atoms with Crippen LogP contribution in [0.25, 0.3) is 0 Å². The van der Waals surface area contributed by atoms with E-state index in [0.717, 1.165) is 22.8 Å². The Hall–Kier alpha value is -1.56. The van der Waals surface area contributed by atoms with E-state index in [1.807, 2.05) is 30.3 Å². The lowest BCUT2D eigenvalue weighted by Crippen LogP contribution is -2.44. The summed E-state index contributed by atoms with van der Waals surface area (Å²) < 4.78 is 0. The number of benzene rings is 1. The third-order valence-electron chi connectivity index (χ3n) is 4.73. The number of halogens is 1. The van der Waals surface area contributed by atoms with Crippen molar-refractivity contribution in [2.75, 3.05) is 6.54 Å². The zero-order valence-corrected chi connectivity index (χ0v) is 14.6. The summed E-state index contributed by atoms with van der Waals surface area (Å²) in [6.07, 6.45) is 3.99. The van der Waals surface area contributed by atoms with Crippen molar-refractivity contribution >= 4 is 29.3 Å². The second kappa shape index (κ2) is 6.75. The molecule has 1 aromatic carbocycles. The quantitative estimate of drug-likeness (QED) is 0.822. The summed E-state index contributed by atoms with van der Waals surface area (Å²) in [5, 5.41) is 7.15. The van der Waals surface area contributed by atoms with E-state index in [1.54, 1.807) is 24.0 Å². The Balaban J connectivity index is 1.38. The first kappa shape index (κ1) is 15.9. The number of hydrogen-bond acceptors (Lipinski definition) is 4. The minimum absolute atomic E-state index is 0.0252. The number of nitrogens with one attached hydrogen (secondary N) is 2. The zero-order valence-electron chi connectivity index (χ0n) is 13.0. The van der Waals surface area contributed by atoms with Crippen LogP contribution < -0.4 is 10.6 Å². The van der Waals surface area contributed by atoms with E-state index in [9.17, 15) is 4.79 Å². The Kier molecular flexibility index (Phi) is 4.48. The fourth-order valence-corrected chi connectivity index (χ4v) is 4.39. The lowest BCUT2D eigenvalue weighted by atomic mass is 10.0. The molecule has 4 rings (SSSR count). The van der Waals surface area contributed by atoms with Crippen molar-refractivity contribution in [2.45, 2.75) is 34.7 Å². The molecule has 1 aromatic heterocycles. The van der Waals surface area contributed by atoms with E-state index >= 15 is 0 Å². The summed E-state index contributed by atoms with van der Waals surface area (Å²) in [6.45, 7) is 1.03. The molecule has 1 saturated carbocycles. The maximum atomic E-state index is 12.4. The van der Waals surface area contributed by atoms with Gasteiger partial charge in [-0.15, -0.1) is 0 Å². The summed E-state index contributed by atoms with van der Waals surface area (Å²) in [5.41, 5.74) is 0.712. The van der Waals surface area contributed by atoms with Gasteiger partial charge in [-0.3, -0.25) is 4.79 Å². The van der Waals surface area contributed by atoms with Crippen LogP contribution in [0, 0.1) is 5.92 Å². The smallest absolute Gasteiger partial charge is 0.251 e. The summed E-state index contributed by atoms with van der Waals surface area (Å²) >= 11 is 7.39. The Labute approximate surface area is 150 Å². The summed E-state index contributed by atoms with van der Waals surface area (Å²) in [6, 6.07) is 12.3. The summed E-state index contributed by atoms with van der Waals surface area (Å²) in [7, 11) is 0. The summed E-state index contributed by atoms with van der Waals surface area (Å²) in [5.74, 6) is 0.614. The fraction of sp³-hybridized carbons (Fsp3) is 0.333. The first-order valence-electron chi connectivity index (χ1n) is 8.11. The molecule has 2 aromatic rings. The molecule has 2 bridgehead atoms. The molecule has 2 fully saturated rings. The number of hydrogen-bond donors (Lipinski definition) is 2. The maximum Gasteiger partial charge on any atom is 0.251 e. The van der Waals surface area contributed by atoms with Gasteiger partial charge in [0.05, 0.1) is 0 Å². The van der Waals surface area contributed by atoms with Gasteiger partial charge in [0.25, 0.3) is 5.91 Å². The first-order chi connectivity index (χ1) is 11.7. The minimum Gasteiger partial charge on any atom is -0.349 e. The van der Waals surface area contributed by atoms with Crippen molar-refractivity contribution in [1.29, 1.82) is 0 Å². The molecule has 2 heterocycles. The molecule has 2 aliphatic rings. The van der Waals surface area contributed by atoms with Crippen molar-refractivity contribution in [2.24, 2.45) is 5.92 Å². The predicted octanol–water partition coefficient (Wildman–Crippen LogP) is 3.37. The second-order valence-electron chi connectivity index (χ2n) is 6.36. The minimum atomic E-state index is 0.0252. The number of carbonyl (C=O) groups excluding carboxylic acids is 1. The molecule has 124 valence electrons. The standard InChI is InChI=1S/C18H18ClN3OS/c19-17-6-5-15(10-21-17)24-14-3-1-11(2-4-14)18(23)22-16-8-13-7-12(16)9-20-13/h1-6,10,12-13,16,20H,7-9H2,(H,22,23). The van der Waals surface area contributed by atoms with Crippen LogP contribution in [0.15, 0.2) is 52.4 Å². The van der Waals surface area contributed by atoms with Crippen LogP contribution in [0.4, 0.5) is 0 Å². The van der Waals surface area contributed by atoms with Gasteiger partial charge in [0.2, 0.25) is 0 Å². The van der Waals surface area contributed by atoms with Gasteiger partial charge in [0.1, 0.15) is 5.15 Å². The normalized spacial score (nSPS) is 25.0. The van der Waals surface area contributed by atoms with Crippen LogP contribution in [0.5, 0.6) is 0 Å². The highest BCUT2D eigenvalue weighted by atomic mass is 35.5. The van der Waals surface area contributed by atoms with Crippen molar-refractivity contribution < 1.29 is 4.79 Å². The van der Waals surface area contributed by atoms with Gasteiger partial charge in [-0.25, -0.2) is 4.98 Å². The molecule has 6 heteroatoms. The Morgan fingerprint density at radius 3 is 2.58 bits per heavy atom. The van der Waals surface area contributed by atoms with Crippen LogP contribution in [-0.2, 0) is 0 Å². The van der Waals surface area contributed by atoms with Crippen molar-refractivity contribution in [3.05, 3.63) is 53.3 Å². The number of carbonyl (C=O) groups is 1. The monoisotopic (exact) mass is 359 g/mol. The predicted molar refractivity (Wildman–Crippen MR) is 95.6 cm³/mol. The van der Waals surface area contributed by atoms with E-state index in [-0.39, 0.29) is 5.91 Å². The Bertz CT molecular complexity index is 735. The van der Waals surface area contributed by atoms with Gasteiger partial charge < -0.3 is 10.6 Å². The highest BCUT2D eigenvalue weighted by molar-refractivity contribution is 7.99. The fourth-order valence-electron chi connectivity index (χ4n) is 3.50. The topological polar surface area (TPSA) is 54.0 Å². The molecule has 3 unspecified atom stereocenters. The molecule has 3 atom stereocenters. The van der Waals surface area contributed by atoms with Crippen LogP contribution in [0.1, 0.15) is 23.2 Å². The third-order valence-corrected chi connectivity index (χ3v) is 5.94. The number of nitrogens with zero attached hydrogens (tertiary/aromatic N) is 1. The van der Waals surface area contributed by atoms with E-state index in [0.29, 0.717) is 28.7 Å². The molecule has 1 amide bonds. The van der Waals surface area contributed by atoms with E-state index in [4.69, 9.17) is 11.6 Å². The molecule has 2 N–H and O–H groups in total. The number of rotatable bonds is 4. The van der Waals surface area contributed by atoms with Gasteiger partial charge in [0, 0.05) is 40.2 Å². The molecule has 4 nitrogen and oxygen atoms in total. The first-order valence-corrected chi connectivity index (χ1v) is 9.30. The second-order valence-corrected chi connectivity index (χ2v) is 7.89. The molecule has 0 radical (unpaired) electrons. The van der Waals surface area contributed by atoms with Crippen molar-refractivity contribution in [1.82, 2.24) is 15.6 Å².